The van der Waals surface area contributed by atoms with E-state index in [9.17, 15) is 0 Å². The van der Waals surface area contributed by atoms with E-state index in [1.807, 2.05) is 0 Å². The first kappa shape index (κ1) is 49.4. The second-order valence-corrected chi connectivity index (χ2v) is 24.5. The summed E-state index contributed by atoms with van der Waals surface area (Å²) in [5.74, 6) is 1.75. The normalized spacial score (nSPS) is 13.2. The van der Waals surface area contributed by atoms with E-state index in [0.29, 0.717) is 0 Å². The second-order valence-electron chi connectivity index (χ2n) is 24.5. The Kier molecular flexibility index (Phi) is 11.2. The van der Waals surface area contributed by atoms with Crippen molar-refractivity contribution in [1.82, 2.24) is 0 Å². The molecule has 0 unspecified atom stereocenters. The van der Waals surface area contributed by atoms with Gasteiger partial charge in [0.15, 0.2) is 0 Å². The van der Waals surface area contributed by atoms with Gasteiger partial charge >= 0.3 is 0 Å². The molecule has 2 aliphatic rings. The van der Waals surface area contributed by atoms with Gasteiger partial charge in [-0.15, -0.1) is 0 Å². The molecule has 1 spiro atoms. The van der Waals surface area contributed by atoms with Crippen LogP contribution in [0, 0.1) is 0 Å². The maximum Gasteiger partial charge on any atom is 0.132 e. The summed E-state index contributed by atoms with van der Waals surface area (Å²) in [6.07, 6.45) is 0. The van der Waals surface area contributed by atoms with E-state index >= 15 is 0 Å². The first-order chi connectivity index (χ1) is 39.9. The van der Waals surface area contributed by atoms with E-state index in [1.54, 1.807) is 0 Å². The van der Waals surface area contributed by atoms with E-state index in [4.69, 9.17) is 4.74 Å². The summed E-state index contributed by atoms with van der Waals surface area (Å²) in [7, 11) is 0. The number of ether oxygens (including phenoxy) is 1. The fraction of sp³-hybridized carbons (Fsp3) is 0.114. The molecule has 0 saturated heterocycles. The lowest BCUT2D eigenvalue weighted by molar-refractivity contribution is 0.437. The van der Waals surface area contributed by atoms with E-state index < -0.39 is 5.41 Å². The van der Waals surface area contributed by atoms with Crippen LogP contribution in [0.3, 0.4) is 0 Å². The number of benzene rings is 13. The number of nitrogens with zero attached hydrogens (tertiary/aromatic N) is 2. The molecule has 15 rings (SSSR count). The number of hydrogen-bond donors (Lipinski definition) is 0. The van der Waals surface area contributed by atoms with Crippen LogP contribution in [0.25, 0.3) is 65.3 Å². The molecule has 0 atom stereocenters. The van der Waals surface area contributed by atoms with Crippen molar-refractivity contribution in [3.63, 3.8) is 0 Å². The molecule has 3 nitrogen and oxygen atoms in total. The van der Waals surface area contributed by atoms with Gasteiger partial charge in [0, 0.05) is 45.3 Å². The van der Waals surface area contributed by atoms with E-state index in [2.05, 4.69) is 318 Å². The molecular formula is C79H62N2O. The van der Waals surface area contributed by atoms with Crippen LogP contribution in [0.1, 0.15) is 74.9 Å². The molecule has 394 valence electrons. The third-order valence-electron chi connectivity index (χ3n) is 17.6. The van der Waals surface area contributed by atoms with Crippen LogP contribution in [0.4, 0.5) is 34.1 Å². The maximum atomic E-state index is 6.96. The van der Waals surface area contributed by atoms with Crippen molar-refractivity contribution in [3.05, 3.63) is 300 Å². The predicted octanol–water partition coefficient (Wildman–Crippen LogP) is 22.0. The van der Waals surface area contributed by atoms with Crippen LogP contribution in [0.2, 0.25) is 0 Å². The van der Waals surface area contributed by atoms with E-state index in [1.165, 1.54) is 76.5 Å². The molecule has 1 heterocycles. The van der Waals surface area contributed by atoms with Crippen molar-refractivity contribution >= 4 is 77.2 Å². The summed E-state index contributed by atoms with van der Waals surface area (Å²) in [4.78, 5) is 4.82. The highest BCUT2D eigenvalue weighted by molar-refractivity contribution is 6.20. The molecule has 0 aromatic heterocycles. The zero-order chi connectivity index (χ0) is 55.5. The largest absolute Gasteiger partial charge is 0.457 e. The number of para-hydroxylation sites is 2. The molecule has 0 radical (unpaired) electrons. The molecule has 1 aliphatic carbocycles. The highest BCUT2D eigenvalue weighted by atomic mass is 16.5. The summed E-state index contributed by atoms with van der Waals surface area (Å²) < 4.78 is 6.96. The van der Waals surface area contributed by atoms with Crippen molar-refractivity contribution in [2.24, 2.45) is 0 Å². The van der Waals surface area contributed by atoms with Gasteiger partial charge in [0.2, 0.25) is 0 Å². The van der Waals surface area contributed by atoms with Crippen LogP contribution in [0.15, 0.2) is 267 Å². The van der Waals surface area contributed by atoms with Crippen LogP contribution < -0.4 is 14.5 Å². The minimum Gasteiger partial charge on any atom is -0.457 e. The SMILES string of the molecule is CC(C)(C)c1ccc(N(c2ccc(-c3ccc4c(c3)C3(c5ccccc5Oc5ccccc53)c3c-4c4ccccc4c4cc(N(c5ccc(C(C)(C)C)cc5)c5ccc6ccccc6c5)ccc34)cc2)c2ccc3ccccc3c2)cc1. The van der Waals surface area contributed by atoms with Crippen LogP contribution in [-0.4, -0.2) is 0 Å². The number of anilines is 6. The van der Waals surface area contributed by atoms with Crippen molar-refractivity contribution in [1.29, 1.82) is 0 Å². The Morgan fingerprint density at radius 1 is 0.305 bits per heavy atom. The smallest absolute Gasteiger partial charge is 0.132 e. The first-order valence-corrected chi connectivity index (χ1v) is 28.8. The Morgan fingerprint density at radius 3 is 1.28 bits per heavy atom. The molecule has 82 heavy (non-hydrogen) atoms. The molecule has 3 heteroatoms. The highest BCUT2D eigenvalue weighted by Crippen LogP contribution is 2.65. The summed E-state index contributed by atoms with van der Waals surface area (Å²) in [6.45, 7) is 13.7. The topological polar surface area (TPSA) is 15.7 Å². The minimum absolute atomic E-state index is 0.0233. The van der Waals surface area contributed by atoms with Gasteiger partial charge in [0.25, 0.3) is 0 Å². The van der Waals surface area contributed by atoms with Gasteiger partial charge in [0.05, 0.1) is 5.41 Å². The van der Waals surface area contributed by atoms with Gasteiger partial charge in [-0.05, 0) is 189 Å². The Labute approximate surface area is 481 Å². The lowest BCUT2D eigenvalue weighted by Gasteiger charge is -2.40. The fourth-order valence-electron chi connectivity index (χ4n) is 13.5. The molecule has 0 saturated carbocycles. The zero-order valence-corrected chi connectivity index (χ0v) is 47.2. The third-order valence-corrected chi connectivity index (χ3v) is 17.6. The Morgan fingerprint density at radius 2 is 0.732 bits per heavy atom. The molecule has 0 fully saturated rings. The monoisotopic (exact) mass is 1050 g/mol. The quantitative estimate of drug-likeness (QED) is 0.148. The molecule has 0 amide bonds. The van der Waals surface area contributed by atoms with E-state index in [-0.39, 0.29) is 10.8 Å². The van der Waals surface area contributed by atoms with Crippen LogP contribution >= 0.6 is 0 Å². The summed E-state index contributed by atoms with van der Waals surface area (Å²) >= 11 is 0. The highest BCUT2D eigenvalue weighted by Gasteiger charge is 2.52. The van der Waals surface area contributed by atoms with Crippen LogP contribution in [0.5, 0.6) is 11.5 Å². The summed E-state index contributed by atoms with van der Waals surface area (Å²) in [5.41, 5.74) is 18.2. The average molecular weight is 1060 g/mol. The first-order valence-electron chi connectivity index (χ1n) is 28.8. The van der Waals surface area contributed by atoms with Crippen molar-refractivity contribution in [3.8, 4) is 33.8 Å². The molecule has 13 aromatic rings. The molecule has 0 N–H and O–H groups in total. The van der Waals surface area contributed by atoms with Crippen LogP contribution in [-0.2, 0) is 16.2 Å². The molecule has 13 aromatic carbocycles. The maximum absolute atomic E-state index is 6.96. The number of hydrogen-bond acceptors (Lipinski definition) is 3. The number of rotatable bonds is 7. The molecular weight excluding hydrogens is 993 g/mol. The average Bonchev–Trinajstić information content (AvgIpc) is 1.66. The second kappa shape index (κ2) is 18.7. The Bertz CT molecular complexity index is 4630. The number of fused-ring (bicyclic) bond motifs is 16. The zero-order valence-electron chi connectivity index (χ0n) is 47.2. The lowest BCUT2D eigenvalue weighted by atomic mass is 9.64. The minimum atomic E-state index is -0.733. The molecule has 1 aliphatic heterocycles. The van der Waals surface area contributed by atoms with Gasteiger partial charge in [-0.3, -0.25) is 0 Å². The predicted molar refractivity (Wildman–Crippen MR) is 346 cm³/mol. The Hall–Kier alpha value is -9.70. The van der Waals surface area contributed by atoms with Gasteiger partial charge in [0.1, 0.15) is 11.5 Å². The lowest BCUT2D eigenvalue weighted by Crippen LogP contribution is -2.32. The van der Waals surface area contributed by atoms with E-state index in [0.717, 1.165) is 67.9 Å². The standard InChI is InChI=1S/C79H62N2O/c1-77(2,3)57-32-40-60(41-33-57)80(62-38-29-51-17-7-9-19-54(51)47-62)59-36-27-53(28-37-59)56-31-45-68-72(49-56)79(70-23-13-15-25-73(70)82-74-26-16-14-24-71(74)79)76-67-46-44-64(50-69(67)65-21-11-12-22-66(65)75(68)76)81(61-42-34-58(35-43-61)78(4,5)6)63-39-30-52-18-8-10-20-55(52)48-63/h7-50H,1-6H3. The summed E-state index contributed by atoms with van der Waals surface area (Å²) in [6, 6.07) is 99.4. The van der Waals surface area contributed by atoms with Crippen molar-refractivity contribution < 1.29 is 4.74 Å². The van der Waals surface area contributed by atoms with Gasteiger partial charge in [-0.25, -0.2) is 0 Å². The van der Waals surface area contributed by atoms with Gasteiger partial charge in [-0.2, -0.15) is 0 Å². The summed E-state index contributed by atoms with van der Waals surface area (Å²) in [5, 5.41) is 9.74. The molecule has 0 bridgehead atoms. The van der Waals surface area contributed by atoms with Crippen molar-refractivity contribution in [2.75, 3.05) is 9.80 Å². The van der Waals surface area contributed by atoms with Crippen molar-refractivity contribution in [2.45, 2.75) is 57.8 Å². The fourth-order valence-corrected chi connectivity index (χ4v) is 13.5. The van der Waals surface area contributed by atoms with Gasteiger partial charge < -0.3 is 14.5 Å². The Balaban J connectivity index is 0.931. The third kappa shape index (κ3) is 7.86. The van der Waals surface area contributed by atoms with Gasteiger partial charge in [-0.1, -0.05) is 217 Å².